The summed E-state index contributed by atoms with van der Waals surface area (Å²) in [6.45, 7) is 3.87. The van der Waals surface area contributed by atoms with Crippen LogP contribution >= 0.6 is 11.6 Å². The number of benzene rings is 2. The first-order valence-corrected chi connectivity index (χ1v) is 6.37. The maximum Gasteiger partial charge on any atom is 0.198 e. The number of carbonyl (C=O) groups excluding carboxylic acids is 1. The smallest absolute Gasteiger partial charge is 0.198 e. The summed E-state index contributed by atoms with van der Waals surface area (Å²) in [6.07, 6.45) is 0. The Hall–Kier alpha value is -1.80. The zero-order valence-corrected chi connectivity index (χ0v) is 11.9. The highest BCUT2D eigenvalue weighted by atomic mass is 35.5. The number of methoxy groups -OCH3 is 1. The maximum absolute atomic E-state index is 12.6. The Bertz CT molecular complexity index is 633. The van der Waals surface area contributed by atoms with Gasteiger partial charge in [0.25, 0.3) is 0 Å². The minimum absolute atomic E-state index is 0.111. The summed E-state index contributed by atoms with van der Waals surface area (Å²) in [7, 11) is 1.57. The summed E-state index contributed by atoms with van der Waals surface area (Å²) in [5.74, 6) is 0.474. The predicted octanol–water partition coefficient (Wildman–Crippen LogP) is 4.20. The Labute approximate surface area is 118 Å². The van der Waals surface area contributed by atoms with E-state index in [0.29, 0.717) is 21.9 Å². The van der Waals surface area contributed by atoms with Crippen LogP contribution in [0.15, 0.2) is 36.4 Å². The predicted molar refractivity (Wildman–Crippen MR) is 77.4 cm³/mol. The third-order valence-electron chi connectivity index (χ3n) is 3.01. The summed E-state index contributed by atoms with van der Waals surface area (Å²) in [4.78, 5) is 12.6. The van der Waals surface area contributed by atoms with Crippen LogP contribution in [0.25, 0.3) is 0 Å². The van der Waals surface area contributed by atoms with Crippen LogP contribution in [-0.2, 0) is 0 Å². The summed E-state index contributed by atoms with van der Waals surface area (Å²) in [6, 6.07) is 10.9. The fourth-order valence-electron chi connectivity index (χ4n) is 2.16. The molecule has 0 aliphatic rings. The van der Waals surface area contributed by atoms with Gasteiger partial charge in [0.05, 0.1) is 17.7 Å². The highest BCUT2D eigenvalue weighted by Gasteiger charge is 2.19. The van der Waals surface area contributed by atoms with Gasteiger partial charge in [0.1, 0.15) is 5.75 Å². The van der Waals surface area contributed by atoms with E-state index in [-0.39, 0.29) is 5.78 Å². The molecule has 2 rings (SSSR count). The fourth-order valence-corrected chi connectivity index (χ4v) is 2.38. The number of aryl methyl sites for hydroxylation is 2. The summed E-state index contributed by atoms with van der Waals surface area (Å²) in [5, 5.41) is 0.453. The minimum atomic E-state index is -0.111. The van der Waals surface area contributed by atoms with Crippen LogP contribution in [0.3, 0.4) is 0 Å². The van der Waals surface area contributed by atoms with Gasteiger partial charge in [-0.3, -0.25) is 4.79 Å². The third kappa shape index (κ3) is 2.64. The molecule has 0 aliphatic heterocycles. The molecule has 0 N–H and O–H groups in total. The summed E-state index contributed by atoms with van der Waals surface area (Å²) >= 11 is 6.09. The van der Waals surface area contributed by atoms with Gasteiger partial charge in [0.15, 0.2) is 5.78 Å². The lowest BCUT2D eigenvalue weighted by Crippen LogP contribution is -2.07. The molecule has 0 heterocycles. The number of ketones is 1. The first kappa shape index (κ1) is 13.6. The minimum Gasteiger partial charge on any atom is -0.496 e. The third-order valence-corrected chi connectivity index (χ3v) is 3.34. The second-order valence-corrected chi connectivity index (χ2v) is 4.88. The molecule has 0 atom stereocenters. The van der Waals surface area contributed by atoms with Gasteiger partial charge < -0.3 is 4.74 Å². The second-order valence-electron chi connectivity index (χ2n) is 4.47. The molecule has 0 aliphatic carbocycles. The van der Waals surface area contributed by atoms with Crippen molar-refractivity contribution in [3.63, 3.8) is 0 Å². The molecule has 0 spiro atoms. The molecule has 0 saturated heterocycles. The number of halogens is 1. The van der Waals surface area contributed by atoms with Crippen molar-refractivity contribution in [3.05, 3.63) is 63.7 Å². The van der Waals surface area contributed by atoms with E-state index in [1.54, 1.807) is 31.4 Å². The molecule has 0 amide bonds. The van der Waals surface area contributed by atoms with Crippen LogP contribution < -0.4 is 4.74 Å². The lowest BCUT2D eigenvalue weighted by Gasteiger charge is -2.12. The number of carbonyl (C=O) groups is 1. The zero-order chi connectivity index (χ0) is 14.0. The molecule has 98 valence electrons. The van der Waals surface area contributed by atoms with Gasteiger partial charge in [0, 0.05) is 5.56 Å². The van der Waals surface area contributed by atoms with Crippen molar-refractivity contribution in [2.24, 2.45) is 0 Å². The Morgan fingerprint density at radius 3 is 2.47 bits per heavy atom. The monoisotopic (exact) mass is 274 g/mol. The highest BCUT2D eigenvalue weighted by Crippen LogP contribution is 2.29. The van der Waals surface area contributed by atoms with Crippen molar-refractivity contribution < 1.29 is 9.53 Å². The van der Waals surface area contributed by atoms with Crippen molar-refractivity contribution in [1.29, 1.82) is 0 Å². The Balaban J connectivity index is 2.59. The molecule has 2 aromatic rings. The lowest BCUT2D eigenvalue weighted by molar-refractivity contribution is 0.103. The van der Waals surface area contributed by atoms with Crippen LogP contribution in [0.4, 0.5) is 0 Å². The summed E-state index contributed by atoms with van der Waals surface area (Å²) in [5.41, 5.74) is 3.02. The molecular weight excluding hydrogens is 260 g/mol. The number of rotatable bonds is 3. The van der Waals surface area contributed by atoms with Crippen LogP contribution in [-0.4, -0.2) is 12.9 Å². The topological polar surface area (TPSA) is 26.3 Å². The number of hydrogen-bond acceptors (Lipinski definition) is 2. The second kappa shape index (κ2) is 5.45. The van der Waals surface area contributed by atoms with Gasteiger partial charge in [-0.2, -0.15) is 0 Å². The summed E-state index contributed by atoms with van der Waals surface area (Å²) < 4.78 is 5.33. The van der Waals surface area contributed by atoms with E-state index in [2.05, 4.69) is 0 Å². The van der Waals surface area contributed by atoms with Crippen LogP contribution in [0, 0.1) is 13.8 Å². The van der Waals surface area contributed by atoms with Crippen molar-refractivity contribution in [3.8, 4) is 5.75 Å². The number of ether oxygens (including phenoxy) is 1. The molecule has 19 heavy (non-hydrogen) atoms. The van der Waals surface area contributed by atoms with E-state index in [0.717, 1.165) is 11.1 Å². The number of hydrogen-bond donors (Lipinski definition) is 0. The lowest BCUT2D eigenvalue weighted by atomic mass is 9.96. The van der Waals surface area contributed by atoms with E-state index in [4.69, 9.17) is 16.3 Å². The average molecular weight is 275 g/mol. The van der Waals surface area contributed by atoms with Gasteiger partial charge >= 0.3 is 0 Å². The molecular formula is C16H15ClO2. The normalized spacial score (nSPS) is 10.3. The van der Waals surface area contributed by atoms with E-state index < -0.39 is 0 Å². The van der Waals surface area contributed by atoms with Crippen molar-refractivity contribution in [2.75, 3.05) is 7.11 Å². The quantitative estimate of drug-likeness (QED) is 0.784. The molecule has 0 bridgehead atoms. The molecule has 0 unspecified atom stereocenters. The Morgan fingerprint density at radius 1 is 1.16 bits per heavy atom. The van der Waals surface area contributed by atoms with Gasteiger partial charge in [-0.25, -0.2) is 0 Å². The van der Waals surface area contributed by atoms with E-state index >= 15 is 0 Å². The van der Waals surface area contributed by atoms with E-state index in [9.17, 15) is 4.79 Å². The Morgan fingerprint density at radius 2 is 1.84 bits per heavy atom. The first-order valence-electron chi connectivity index (χ1n) is 5.99. The molecule has 2 nitrogen and oxygen atoms in total. The molecule has 0 fully saturated rings. The molecule has 0 saturated carbocycles. The van der Waals surface area contributed by atoms with Gasteiger partial charge in [-0.1, -0.05) is 29.8 Å². The van der Waals surface area contributed by atoms with Crippen LogP contribution in [0.5, 0.6) is 5.75 Å². The van der Waals surface area contributed by atoms with Gasteiger partial charge in [-0.15, -0.1) is 0 Å². The van der Waals surface area contributed by atoms with Gasteiger partial charge in [0.2, 0.25) is 0 Å². The van der Waals surface area contributed by atoms with Crippen LogP contribution in [0.2, 0.25) is 5.02 Å². The van der Waals surface area contributed by atoms with Gasteiger partial charge in [-0.05, 0) is 43.2 Å². The molecule has 0 radical (unpaired) electrons. The standard InChI is InChI=1S/C16H15ClO2/c1-10-8-11(2)15(14(9-10)19-3)16(18)12-6-4-5-7-13(12)17/h4-9H,1-3H3. The largest absolute Gasteiger partial charge is 0.496 e. The molecule has 3 heteroatoms. The highest BCUT2D eigenvalue weighted by molar-refractivity contribution is 6.35. The van der Waals surface area contributed by atoms with Crippen molar-refractivity contribution in [2.45, 2.75) is 13.8 Å². The average Bonchev–Trinajstić information content (AvgIpc) is 2.37. The zero-order valence-electron chi connectivity index (χ0n) is 11.2. The van der Waals surface area contributed by atoms with E-state index in [1.165, 1.54) is 0 Å². The SMILES string of the molecule is COc1cc(C)cc(C)c1C(=O)c1ccccc1Cl. The fraction of sp³-hybridized carbons (Fsp3) is 0.188. The van der Waals surface area contributed by atoms with E-state index in [1.807, 2.05) is 26.0 Å². The molecule has 2 aromatic carbocycles. The Kier molecular flexibility index (Phi) is 3.91. The van der Waals surface area contributed by atoms with Crippen LogP contribution in [0.1, 0.15) is 27.0 Å². The van der Waals surface area contributed by atoms with Crippen molar-refractivity contribution >= 4 is 17.4 Å². The maximum atomic E-state index is 12.6. The molecule has 0 aromatic heterocycles. The first-order chi connectivity index (χ1) is 9.04. The van der Waals surface area contributed by atoms with Crippen molar-refractivity contribution in [1.82, 2.24) is 0 Å².